The first kappa shape index (κ1) is 15.0. The van der Waals surface area contributed by atoms with Gasteiger partial charge in [0.1, 0.15) is 0 Å². The number of halogens is 3. The van der Waals surface area contributed by atoms with Gasteiger partial charge in [-0.1, -0.05) is 41.6 Å². The van der Waals surface area contributed by atoms with E-state index in [1.54, 1.807) is 12.1 Å². The van der Waals surface area contributed by atoms with E-state index in [-0.39, 0.29) is 5.56 Å². The van der Waals surface area contributed by atoms with Crippen LogP contribution in [0.1, 0.15) is 16.7 Å². The van der Waals surface area contributed by atoms with Crippen LogP contribution in [-0.4, -0.2) is 18.1 Å². The van der Waals surface area contributed by atoms with E-state index in [1.807, 2.05) is 24.3 Å². The molecule has 1 aliphatic carbocycles. The molecular formula is C16H12F3NOS. The van der Waals surface area contributed by atoms with Gasteiger partial charge in [-0.2, -0.15) is 13.2 Å². The van der Waals surface area contributed by atoms with E-state index >= 15 is 0 Å². The fraction of sp³-hybridized carbons (Fsp3) is 0.188. The molecule has 6 heteroatoms. The number of hydrogen-bond acceptors (Lipinski definition) is 3. The molecular weight excluding hydrogens is 311 g/mol. The van der Waals surface area contributed by atoms with Crippen molar-refractivity contribution in [1.29, 1.82) is 0 Å². The van der Waals surface area contributed by atoms with Gasteiger partial charge in [0, 0.05) is 11.8 Å². The number of benzene rings is 2. The monoisotopic (exact) mass is 323 g/mol. The maximum absolute atomic E-state index is 13.1. The summed E-state index contributed by atoms with van der Waals surface area (Å²) in [5, 5.41) is 3.21. The van der Waals surface area contributed by atoms with E-state index in [9.17, 15) is 13.2 Å². The van der Waals surface area contributed by atoms with Crippen LogP contribution in [0.15, 0.2) is 47.6 Å². The lowest BCUT2D eigenvalue weighted by Crippen LogP contribution is -2.24. The summed E-state index contributed by atoms with van der Waals surface area (Å²) >= 11 is 0.768. The second-order valence-electron chi connectivity index (χ2n) is 4.88. The molecule has 114 valence electrons. The standard InChI is InChI=1S/C16H12F3NOS/c1-22-21-20-15(16(17,18)19)11-6-7-14-12(9-11)8-10-4-2-3-5-13(10)14/h2-7,9H,8H2,1H3/b20-15-. The molecule has 0 fully saturated rings. The van der Waals surface area contributed by atoms with Crippen molar-refractivity contribution < 1.29 is 17.5 Å². The smallest absolute Gasteiger partial charge is 0.322 e. The lowest BCUT2D eigenvalue weighted by atomic mass is 10.0. The van der Waals surface area contributed by atoms with Gasteiger partial charge in [-0.25, -0.2) is 0 Å². The Balaban J connectivity index is 2.03. The van der Waals surface area contributed by atoms with Crippen molar-refractivity contribution >= 4 is 17.8 Å². The molecule has 0 saturated carbocycles. The van der Waals surface area contributed by atoms with Crippen LogP contribution in [0.4, 0.5) is 13.2 Å². The highest BCUT2D eigenvalue weighted by molar-refractivity contribution is 7.93. The Labute approximate surface area is 130 Å². The second-order valence-corrected chi connectivity index (χ2v) is 5.37. The van der Waals surface area contributed by atoms with Crippen LogP contribution in [0.25, 0.3) is 11.1 Å². The lowest BCUT2D eigenvalue weighted by molar-refractivity contribution is -0.0596. The van der Waals surface area contributed by atoms with Crippen molar-refractivity contribution in [3.8, 4) is 11.1 Å². The first-order valence-electron chi connectivity index (χ1n) is 6.57. The molecule has 22 heavy (non-hydrogen) atoms. The largest absolute Gasteiger partial charge is 0.437 e. The predicted octanol–water partition coefficient (Wildman–Crippen LogP) is 4.82. The van der Waals surface area contributed by atoms with Gasteiger partial charge in [-0.3, -0.25) is 0 Å². The Morgan fingerprint density at radius 3 is 2.55 bits per heavy atom. The zero-order valence-electron chi connectivity index (χ0n) is 11.6. The summed E-state index contributed by atoms with van der Waals surface area (Å²) in [7, 11) is 0. The third-order valence-corrected chi connectivity index (χ3v) is 3.76. The fourth-order valence-electron chi connectivity index (χ4n) is 2.64. The lowest BCUT2D eigenvalue weighted by Gasteiger charge is -2.11. The summed E-state index contributed by atoms with van der Waals surface area (Å²) in [5.74, 6) is 0. The Morgan fingerprint density at radius 2 is 1.82 bits per heavy atom. The molecule has 0 saturated heterocycles. The van der Waals surface area contributed by atoms with Crippen molar-refractivity contribution in [2.24, 2.45) is 5.16 Å². The Morgan fingerprint density at radius 1 is 1.09 bits per heavy atom. The number of fused-ring (bicyclic) bond motifs is 3. The summed E-state index contributed by atoms with van der Waals surface area (Å²) in [6, 6.07) is 12.5. The number of nitrogens with zero attached hydrogens (tertiary/aromatic N) is 1. The molecule has 3 rings (SSSR count). The van der Waals surface area contributed by atoms with Crippen LogP contribution in [0.2, 0.25) is 0 Å². The number of rotatable bonds is 3. The van der Waals surface area contributed by atoms with E-state index in [1.165, 1.54) is 12.3 Å². The van der Waals surface area contributed by atoms with Crippen LogP contribution in [0.5, 0.6) is 0 Å². The van der Waals surface area contributed by atoms with Gasteiger partial charge in [0.25, 0.3) is 0 Å². The summed E-state index contributed by atoms with van der Waals surface area (Å²) in [4.78, 5) is 0. The van der Waals surface area contributed by atoms with Gasteiger partial charge in [-0.15, -0.1) is 0 Å². The average molecular weight is 323 g/mol. The molecule has 1 aliphatic rings. The van der Waals surface area contributed by atoms with Gasteiger partial charge in [0.15, 0.2) is 5.71 Å². The topological polar surface area (TPSA) is 21.6 Å². The summed E-state index contributed by atoms with van der Waals surface area (Å²) < 4.78 is 43.9. The van der Waals surface area contributed by atoms with E-state index < -0.39 is 11.9 Å². The van der Waals surface area contributed by atoms with Gasteiger partial charge in [0.2, 0.25) is 0 Å². The fourth-order valence-corrected chi connectivity index (χ4v) is 2.78. The van der Waals surface area contributed by atoms with Crippen molar-refractivity contribution in [3.05, 3.63) is 59.2 Å². The quantitative estimate of drug-likeness (QED) is 0.391. The second kappa shape index (κ2) is 5.68. The molecule has 2 aromatic rings. The molecule has 0 bridgehead atoms. The summed E-state index contributed by atoms with van der Waals surface area (Å²) in [6.07, 6.45) is -2.42. The first-order chi connectivity index (χ1) is 10.5. The Bertz CT molecular complexity index is 740. The molecule has 0 heterocycles. The normalized spacial score (nSPS) is 13.7. The molecule has 2 nitrogen and oxygen atoms in total. The molecule has 0 aromatic heterocycles. The first-order valence-corrected chi connectivity index (χ1v) is 7.72. The third-order valence-electron chi connectivity index (χ3n) is 3.54. The van der Waals surface area contributed by atoms with Gasteiger partial charge in [-0.05, 0) is 34.7 Å². The van der Waals surface area contributed by atoms with Gasteiger partial charge in [0.05, 0.1) is 12.0 Å². The third kappa shape index (κ3) is 2.70. The maximum Gasteiger partial charge on any atom is 0.437 e. The SMILES string of the molecule is CSO/N=C(/c1ccc2c(c1)Cc1ccccc1-2)C(F)(F)F. The molecule has 0 radical (unpaired) electrons. The van der Waals surface area contributed by atoms with Crippen molar-refractivity contribution in [2.45, 2.75) is 12.6 Å². The van der Waals surface area contributed by atoms with Crippen LogP contribution >= 0.6 is 12.0 Å². The molecule has 0 N–H and O–H groups in total. The minimum Gasteiger partial charge on any atom is -0.322 e. The number of oxime groups is 1. The Kier molecular flexibility index (Phi) is 3.87. The van der Waals surface area contributed by atoms with Crippen molar-refractivity contribution in [1.82, 2.24) is 0 Å². The van der Waals surface area contributed by atoms with E-state index in [2.05, 4.69) is 9.44 Å². The zero-order chi connectivity index (χ0) is 15.7. The van der Waals surface area contributed by atoms with E-state index in [4.69, 9.17) is 0 Å². The summed E-state index contributed by atoms with van der Waals surface area (Å²) in [5.41, 5.74) is 3.07. The highest BCUT2D eigenvalue weighted by Crippen LogP contribution is 2.37. The number of hydrogen-bond donors (Lipinski definition) is 0. The van der Waals surface area contributed by atoms with Crippen molar-refractivity contribution in [2.75, 3.05) is 6.26 Å². The van der Waals surface area contributed by atoms with Crippen LogP contribution < -0.4 is 0 Å². The number of alkyl halides is 3. The van der Waals surface area contributed by atoms with Crippen LogP contribution in [-0.2, 0) is 10.7 Å². The zero-order valence-corrected chi connectivity index (χ0v) is 12.5. The molecule has 0 spiro atoms. The highest BCUT2D eigenvalue weighted by atomic mass is 32.2. The molecule has 0 atom stereocenters. The van der Waals surface area contributed by atoms with E-state index in [0.717, 1.165) is 34.3 Å². The Hall–Kier alpha value is -1.95. The van der Waals surface area contributed by atoms with Crippen LogP contribution in [0.3, 0.4) is 0 Å². The maximum atomic E-state index is 13.1. The summed E-state index contributed by atoms with van der Waals surface area (Å²) in [6.45, 7) is 0. The molecule has 0 unspecified atom stereocenters. The molecule has 0 amide bonds. The molecule has 2 aromatic carbocycles. The van der Waals surface area contributed by atoms with Gasteiger partial charge < -0.3 is 4.28 Å². The minimum absolute atomic E-state index is 0.0214. The predicted molar refractivity (Wildman–Crippen MR) is 81.9 cm³/mol. The minimum atomic E-state index is -4.56. The van der Waals surface area contributed by atoms with Crippen LogP contribution in [0, 0.1) is 0 Å². The highest BCUT2D eigenvalue weighted by Gasteiger charge is 2.38. The average Bonchev–Trinajstić information content (AvgIpc) is 2.84. The van der Waals surface area contributed by atoms with E-state index in [0.29, 0.717) is 6.42 Å². The molecule has 0 aliphatic heterocycles. The van der Waals surface area contributed by atoms with Gasteiger partial charge >= 0.3 is 6.18 Å². The van der Waals surface area contributed by atoms with Crippen molar-refractivity contribution in [3.63, 3.8) is 0 Å².